The highest BCUT2D eigenvalue weighted by molar-refractivity contribution is 6.01. The summed E-state index contributed by atoms with van der Waals surface area (Å²) in [5, 5.41) is 12.9. The van der Waals surface area contributed by atoms with Crippen LogP contribution in [0.2, 0.25) is 0 Å². The number of hydrogen-bond donors (Lipinski definition) is 3. The van der Waals surface area contributed by atoms with Crippen LogP contribution in [0.15, 0.2) is 89.0 Å². The Labute approximate surface area is 227 Å². The van der Waals surface area contributed by atoms with Gasteiger partial charge in [0, 0.05) is 47.2 Å². The molecular formula is C29H32N6O4. The lowest BCUT2D eigenvalue weighted by Gasteiger charge is -2.31. The Bertz CT molecular complexity index is 1340. The molecule has 3 aromatic carbocycles. The predicted octanol–water partition coefficient (Wildman–Crippen LogP) is 4.92. The van der Waals surface area contributed by atoms with Gasteiger partial charge in [0.25, 0.3) is 5.91 Å². The average molecular weight is 529 g/mol. The van der Waals surface area contributed by atoms with Gasteiger partial charge in [0.15, 0.2) is 11.6 Å². The number of ether oxygens (including phenoxy) is 2. The first kappa shape index (κ1) is 27.7. The SMILES string of the molecule is CC(C)NNC(=O)[C@@]1(Cc2ccccc2)N=C(c2ccc(OCCCO)cc2)O[C@H]1c1ccccc1N=[N+]=[N-]. The lowest BCUT2D eigenvalue weighted by Crippen LogP contribution is -2.55. The molecule has 3 aromatic rings. The number of carbonyl (C=O) groups excluding carboxylic acids is 1. The van der Waals surface area contributed by atoms with Crippen LogP contribution in [0.3, 0.4) is 0 Å². The van der Waals surface area contributed by atoms with Crippen molar-refractivity contribution >= 4 is 17.5 Å². The maximum absolute atomic E-state index is 14.0. The molecule has 0 saturated carbocycles. The fourth-order valence-electron chi connectivity index (χ4n) is 4.33. The summed E-state index contributed by atoms with van der Waals surface area (Å²) in [4.78, 5) is 21.9. The zero-order valence-electron chi connectivity index (χ0n) is 21.9. The normalized spacial score (nSPS) is 18.2. The molecule has 0 aromatic heterocycles. The van der Waals surface area contributed by atoms with Crippen molar-refractivity contribution in [3.05, 3.63) is 106 Å². The highest BCUT2D eigenvalue weighted by atomic mass is 16.5. The maximum Gasteiger partial charge on any atom is 0.266 e. The summed E-state index contributed by atoms with van der Waals surface area (Å²) in [5.41, 5.74) is 16.1. The number of aliphatic imine (C=N–C) groups is 1. The van der Waals surface area contributed by atoms with Crippen LogP contribution < -0.4 is 15.6 Å². The molecule has 0 bridgehead atoms. The number of azide groups is 1. The number of carbonyl (C=O) groups is 1. The van der Waals surface area contributed by atoms with Gasteiger partial charge in [-0.1, -0.05) is 59.7 Å². The number of benzene rings is 3. The molecule has 10 heteroatoms. The second-order valence-corrected chi connectivity index (χ2v) is 9.45. The fourth-order valence-corrected chi connectivity index (χ4v) is 4.33. The Morgan fingerprint density at radius 1 is 1.13 bits per heavy atom. The smallest absolute Gasteiger partial charge is 0.266 e. The maximum atomic E-state index is 14.0. The minimum absolute atomic E-state index is 0.0131. The first-order valence-electron chi connectivity index (χ1n) is 12.8. The molecule has 1 aliphatic rings. The lowest BCUT2D eigenvalue weighted by molar-refractivity contribution is -0.130. The number of amides is 1. The average Bonchev–Trinajstić information content (AvgIpc) is 3.33. The molecular weight excluding hydrogens is 496 g/mol. The summed E-state index contributed by atoms with van der Waals surface area (Å²) in [6, 6.07) is 23.8. The molecule has 10 nitrogen and oxygen atoms in total. The van der Waals surface area contributed by atoms with Crippen molar-refractivity contribution in [1.29, 1.82) is 0 Å². The van der Waals surface area contributed by atoms with Gasteiger partial charge in [-0.05, 0) is 49.2 Å². The summed E-state index contributed by atoms with van der Waals surface area (Å²) in [5.74, 6) is 0.554. The third kappa shape index (κ3) is 6.56. The minimum atomic E-state index is -1.42. The van der Waals surface area contributed by atoms with E-state index in [9.17, 15) is 10.3 Å². The zero-order chi connectivity index (χ0) is 27.7. The summed E-state index contributed by atoms with van der Waals surface area (Å²) >= 11 is 0. The molecule has 0 spiro atoms. The Hall–Kier alpha value is -4.37. The lowest BCUT2D eigenvalue weighted by atomic mass is 9.81. The van der Waals surface area contributed by atoms with Gasteiger partial charge in [0.2, 0.25) is 5.90 Å². The second kappa shape index (κ2) is 12.9. The predicted molar refractivity (Wildman–Crippen MR) is 149 cm³/mol. The molecule has 202 valence electrons. The van der Waals surface area contributed by atoms with Crippen LogP contribution in [0.4, 0.5) is 5.69 Å². The van der Waals surface area contributed by atoms with Gasteiger partial charge in [-0.25, -0.2) is 10.4 Å². The second-order valence-electron chi connectivity index (χ2n) is 9.45. The Balaban J connectivity index is 1.81. The molecule has 0 aliphatic carbocycles. The van der Waals surface area contributed by atoms with Crippen molar-refractivity contribution in [3.8, 4) is 5.75 Å². The molecule has 0 radical (unpaired) electrons. The molecule has 2 atom stereocenters. The molecule has 1 amide bonds. The number of rotatable bonds is 12. The first-order chi connectivity index (χ1) is 19.0. The molecule has 0 unspecified atom stereocenters. The quantitative estimate of drug-likeness (QED) is 0.101. The fraction of sp³-hybridized carbons (Fsp3) is 0.310. The molecule has 4 rings (SSSR count). The van der Waals surface area contributed by atoms with E-state index < -0.39 is 11.6 Å². The van der Waals surface area contributed by atoms with Crippen molar-refractivity contribution < 1.29 is 19.4 Å². The number of aliphatic hydroxyl groups is 1. The van der Waals surface area contributed by atoms with E-state index in [-0.39, 0.29) is 30.9 Å². The first-order valence-corrected chi connectivity index (χ1v) is 12.8. The highest BCUT2D eigenvalue weighted by Crippen LogP contribution is 2.45. The third-order valence-corrected chi connectivity index (χ3v) is 6.19. The molecule has 3 N–H and O–H groups in total. The van der Waals surface area contributed by atoms with Crippen LogP contribution in [0.1, 0.15) is 43.1 Å². The summed E-state index contributed by atoms with van der Waals surface area (Å²) in [6.45, 7) is 4.29. The van der Waals surface area contributed by atoms with Gasteiger partial charge in [-0.2, -0.15) is 0 Å². The number of aliphatic hydroxyl groups excluding tert-OH is 1. The van der Waals surface area contributed by atoms with Crippen molar-refractivity contribution in [3.63, 3.8) is 0 Å². The van der Waals surface area contributed by atoms with E-state index in [4.69, 9.17) is 19.6 Å². The summed E-state index contributed by atoms with van der Waals surface area (Å²) in [7, 11) is 0. The van der Waals surface area contributed by atoms with Crippen molar-refractivity contribution in [1.82, 2.24) is 10.9 Å². The third-order valence-electron chi connectivity index (χ3n) is 6.19. The van der Waals surface area contributed by atoms with E-state index in [1.54, 1.807) is 30.3 Å². The van der Waals surface area contributed by atoms with E-state index in [1.807, 2.05) is 62.4 Å². The van der Waals surface area contributed by atoms with Gasteiger partial charge in [0.05, 0.1) is 6.61 Å². The van der Waals surface area contributed by atoms with Crippen LogP contribution in [0.25, 0.3) is 10.4 Å². The molecule has 1 aliphatic heterocycles. The Morgan fingerprint density at radius 3 is 2.54 bits per heavy atom. The van der Waals surface area contributed by atoms with Crippen LogP contribution in [-0.2, 0) is 16.0 Å². The van der Waals surface area contributed by atoms with E-state index in [0.29, 0.717) is 35.6 Å². The number of hydrogen-bond acceptors (Lipinski definition) is 7. The molecule has 0 fully saturated rings. The van der Waals surface area contributed by atoms with Crippen LogP contribution >= 0.6 is 0 Å². The van der Waals surface area contributed by atoms with Gasteiger partial charge in [-0.15, -0.1) is 0 Å². The monoisotopic (exact) mass is 528 g/mol. The van der Waals surface area contributed by atoms with Gasteiger partial charge < -0.3 is 14.6 Å². The summed E-state index contributed by atoms with van der Waals surface area (Å²) in [6.07, 6.45) is -0.116. The topological polar surface area (TPSA) is 141 Å². The number of hydrazine groups is 1. The Kier molecular flexibility index (Phi) is 9.17. The minimum Gasteiger partial charge on any atom is -0.494 e. The van der Waals surface area contributed by atoms with Crippen LogP contribution in [0.5, 0.6) is 5.75 Å². The standard InChI is InChI=1S/C29H32N6O4/c1-20(2)32-34-28(37)29(19-21-9-4-3-5-10-21)26(24-11-6-7-12-25(24)33-35-30)39-27(31-29)22-13-15-23(16-14-22)38-18-8-17-36/h3-7,9-16,20,26,32,36H,8,17-19H2,1-2H3,(H,34,37)/t26-,29-/m0/s1. The van der Waals surface area contributed by atoms with Gasteiger partial charge >= 0.3 is 0 Å². The molecule has 0 saturated heterocycles. The molecule has 39 heavy (non-hydrogen) atoms. The molecule has 1 heterocycles. The van der Waals surface area contributed by atoms with Gasteiger partial charge in [0.1, 0.15) is 5.75 Å². The van der Waals surface area contributed by atoms with Crippen molar-refractivity contribution in [2.75, 3.05) is 13.2 Å². The van der Waals surface area contributed by atoms with Crippen LogP contribution in [-0.4, -0.2) is 41.7 Å². The number of nitrogens with zero attached hydrogens (tertiary/aromatic N) is 4. The van der Waals surface area contributed by atoms with E-state index >= 15 is 0 Å². The summed E-state index contributed by atoms with van der Waals surface area (Å²) < 4.78 is 12.1. The van der Waals surface area contributed by atoms with Crippen LogP contribution in [0, 0.1) is 0 Å². The van der Waals surface area contributed by atoms with Gasteiger partial charge in [-0.3, -0.25) is 10.2 Å². The van der Waals surface area contributed by atoms with E-state index in [2.05, 4.69) is 20.9 Å². The van der Waals surface area contributed by atoms with E-state index in [0.717, 1.165) is 5.56 Å². The van der Waals surface area contributed by atoms with Crippen molar-refractivity contribution in [2.45, 2.75) is 44.4 Å². The number of nitrogens with one attached hydrogen (secondary N) is 2. The van der Waals surface area contributed by atoms with Crippen molar-refractivity contribution in [2.24, 2.45) is 10.1 Å². The largest absolute Gasteiger partial charge is 0.494 e. The van der Waals surface area contributed by atoms with E-state index in [1.165, 1.54) is 0 Å². The Morgan fingerprint density at radius 2 is 1.85 bits per heavy atom. The highest BCUT2D eigenvalue weighted by Gasteiger charge is 2.54. The zero-order valence-corrected chi connectivity index (χ0v) is 21.9.